The van der Waals surface area contributed by atoms with Crippen LogP contribution < -0.4 is 5.32 Å². The van der Waals surface area contributed by atoms with Crippen molar-refractivity contribution in [3.63, 3.8) is 0 Å². The topological polar surface area (TPSA) is 45.2 Å². The molecule has 0 bridgehead atoms. The summed E-state index contributed by atoms with van der Waals surface area (Å²) in [6.07, 6.45) is 5.56. The van der Waals surface area contributed by atoms with Gasteiger partial charge in [0.2, 0.25) is 0 Å². The molecule has 0 spiro atoms. The molecule has 4 rings (SSSR count). The van der Waals surface area contributed by atoms with Crippen LogP contribution in [0.5, 0.6) is 0 Å². The van der Waals surface area contributed by atoms with Crippen molar-refractivity contribution in [1.29, 1.82) is 0 Å². The van der Waals surface area contributed by atoms with Crippen LogP contribution in [0.1, 0.15) is 49.1 Å². The maximum atomic E-state index is 12.4. The van der Waals surface area contributed by atoms with E-state index in [0.29, 0.717) is 0 Å². The molecule has 146 valence electrons. The molecule has 2 heterocycles. The summed E-state index contributed by atoms with van der Waals surface area (Å²) in [5.41, 5.74) is 7.56. The molecule has 1 N–H and O–H groups in total. The maximum absolute atomic E-state index is 12.4. The minimum absolute atomic E-state index is 0.0330. The van der Waals surface area contributed by atoms with E-state index in [-0.39, 0.29) is 12.1 Å². The van der Waals surface area contributed by atoms with Crippen molar-refractivity contribution in [2.24, 2.45) is 0 Å². The molecule has 2 aromatic rings. The van der Waals surface area contributed by atoms with E-state index in [1.165, 1.54) is 27.8 Å². The van der Waals surface area contributed by atoms with E-state index in [4.69, 9.17) is 16.6 Å². The number of nitrogens with zero attached hydrogens (tertiary/aromatic N) is 2. The fourth-order valence-electron chi connectivity index (χ4n) is 4.20. The number of aromatic nitrogens is 1. The Balaban J connectivity index is 1.72. The van der Waals surface area contributed by atoms with Crippen molar-refractivity contribution in [2.75, 3.05) is 13.1 Å². The maximum Gasteiger partial charge on any atom is 0.317 e. The fraction of sp³-hybridized carbons (Fsp3) is 0.391. The summed E-state index contributed by atoms with van der Waals surface area (Å²) in [6, 6.07) is 10.6. The molecule has 1 saturated heterocycles. The Morgan fingerprint density at radius 3 is 2.61 bits per heavy atom. The van der Waals surface area contributed by atoms with Crippen LogP contribution in [0, 0.1) is 0 Å². The van der Waals surface area contributed by atoms with Crippen LogP contribution in [0.25, 0.3) is 5.57 Å². The Morgan fingerprint density at radius 2 is 1.86 bits per heavy atom. The van der Waals surface area contributed by atoms with E-state index in [2.05, 4.69) is 23.5 Å². The Morgan fingerprint density at radius 1 is 1.11 bits per heavy atom. The van der Waals surface area contributed by atoms with Crippen LogP contribution >= 0.6 is 11.6 Å². The molecule has 0 unspecified atom stereocenters. The number of benzene rings is 1. The van der Waals surface area contributed by atoms with Gasteiger partial charge in [-0.1, -0.05) is 29.3 Å². The standard InChI is InChI=1S/C23H26ClN3O/c1-15(2)26-23(28)27-12-9-16(10-13-27)21-20-8-7-19(24)14-18(20)6-5-17-4-3-11-25-22(17)21/h3-4,7-8,11,14-15H,5-6,9-10,12-13H2,1-2H3,(H,26,28). The number of pyridine rings is 1. The van der Waals surface area contributed by atoms with Gasteiger partial charge >= 0.3 is 6.03 Å². The Kier molecular flexibility index (Phi) is 5.40. The quantitative estimate of drug-likeness (QED) is 0.750. The second kappa shape index (κ2) is 7.96. The number of rotatable bonds is 1. The number of hydrogen-bond donors (Lipinski definition) is 1. The molecule has 28 heavy (non-hydrogen) atoms. The van der Waals surface area contributed by atoms with E-state index < -0.39 is 0 Å². The van der Waals surface area contributed by atoms with Gasteiger partial charge in [0.05, 0.1) is 5.69 Å². The van der Waals surface area contributed by atoms with E-state index in [9.17, 15) is 4.79 Å². The lowest BCUT2D eigenvalue weighted by Gasteiger charge is -2.31. The first-order valence-corrected chi connectivity index (χ1v) is 10.4. The van der Waals surface area contributed by atoms with Crippen LogP contribution in [-0.4, -0.2) is 35.0 Å². The lowest BCUT2D eigenvalue weighted by Crippen LogP contribution is -2.45. The number of amides is 2. The Labute approximate surface area is 171 Å². The number of nitrogens with one attached hydrogen (secondary N) is 1. The number of fused-ring (bicyclic) bond motifs is 2. The van der Waals surface area contributed by atoms with Gasteiger partial charge in [-0.25, -0.2) is 4.79 Å². The predicted molar refractivity (Wildman–Crippen MR) is 114 cm³/mol. The van der Waals surface area contributed by atoms with Crippen LogP contribution in [-0.2, 0) is 12.8 Å². The third-order valence-electron chi connectivity index (χ3n) is 5.55. The minimum Gasteiger partial charge on any atom is -0.336 e. The number of piperidine rings is 1. The third kappa shape index (κ3) is 3.79. The summed E-state index contributed by atoms with van der Waals surface area (Å²) in [7, 11) is 0. The van der Waals surface area contributed by atoms with Crippen LogP contribution in [0.2, 0.25) is 5.02 Å². The summed E-state index contributed by atoms with van der Waals surface area (Å²) in [5.74, 6) is 0. The molecule has 2 amide bonds. The zero-order valence-corrected chi connectivity index (χ0v) is 17.2. The summed E-state index contributed by atoms with van der Waals surface area (Å²) >= 11 is 6.29. The van der Waals surface area contributed by atoms with Gasteiger partial charge in [0, 0.05) is 35.9 Å². The lowest BCUT2D eigenvalue weighted by molar-refractivity contribution is 0.191. The van der Waals surface area contributed by atoms with Gasteiger partial charge in [-0.3, -0.25) is 4.98 Å². The number of urea groups is 1. The first-order chi connectivity index (χ1) is 13.5. The van der Waals surface area contributed by atoms with E-state index in [0.717, 1.165) is 49.5 Å². The summed E-state index contributed by atoms with van der Waals surface area (Å²) in [4.78, 5) is 19.0. The SMILES string of the molecule is CC(C)NC(=O)N1CCC(=C2c3ccc(Cl)cc3CCc3cccnc32)CC1. The smallest absolute Gasteiger partial charge is 0.317 e. The molecule has 1 aliphatic heterocycles. The minimum atomic E-state index is 0.0330. The molecule has 0 saturated carbocycles. The number of carbonyl (C=O) groups is 1. The molecule has 1 aromatic carbocycles. The highest BCUT2D eigenvalue weighted by Gasteiger charge is 2.26. The molecule has 4 nitrogen and oxygen atoms in total. The molecule has 0 radical (unpaired) electrons. The molecule has 1 fully saturated rings. The fourth-order valence-corrected chi connectivity index (χ4v) is 4.40. The average molecular weight is 396 g/mol. The van der Waals surface area contributed by atoms with Gasteiger partial charge in [-0.05, 0) is 74.4 Å². The van der Waals surface area contributed by atoms with Crippen molar-refractivity contribution in [3.8, 4) is 0 Å². The van der Waals surface area contributed by atoms with Crippen molar-refractivity contribution in [2.45, 2.75) is 45.6 Å². The number of carbonyl (C=O) groups excluding carboxylic acids is 1. The first kappa shape index (κ1) is 19.0. The molecule has 5 heteroatoms. The van der Waals surface area contributed by atoms with Crippen molar-refractivity contribution >= 4 is 23.2 Å². The second-order valence-electron chi connectivity index (χ2n) is 7.88. The molecular formula is C23H26ClN3O. The normalized spacial score (nSPS) is 16.5. The van der Waals surface area contributed by atoms with Crippen LogP contribution in [0.4, 0.5) is 4.79 Å². The van der Waals surface area contributed by atoms with Gasteiger partial charge in [0.25, 0.3) is 0 Å². The summed E-state index contributed by atoms with van der Waals surface area (Å²) < 4.78 is 0. The van der Waals surface area contributed by atoms with Gasteiger partial charge in [0.15, 0.2) is 0 Å². The second-order valence-corrected chi connectivity index (χ2v) is 8.32. The van der Waals surface area contributed by atoms with Gasteiger partial charge in [-0.15, -0.1) is 0 Å². The first-order valence-electron chi connectivity index (χ1n) is 10.0. The Hall–Kier alpha value is -2.33. The van der Waals surface area contributed by atoms with Gasteiger partial charge in [0.1, 0.15) is 0 Å². The van der Waals surface area contributed by atoms with Gasteiger partial charge in [-0.2, -0.15) is 0 Å². The molecular weight excluding hydrogens is 370 g/mol. The van der Waals surface area contributed by atoms with E-state index in [1.54, 1.807) is 0 Å². The third-order valence-corrected chi connectivity index (χ3v) is 5.78. The van der Waals surface area contributed by atoms with E-state index >= 15 is 0 Å². The highest BCUT2D eigenvalue weighted by atomic mass is 35.5. The van der Waals surface area contributed by atoms with Crippen molar-refractivity contribution in [1.82, 2.24) is 15.2 Å². The monoisotopic (exact) mass is 395 g/mol. The lowest BCUT2D eigenvalue weighted by atomic mass is 9.88. The molecule has 2 aliphatic rings. The van der Waals surface area contributed by atoms with Crippen LogP contribution in [0.3, 0.4) is 0 Å². The van der Waals surface area contributed by atoms with Crippen molar-refractivity contribution < 1.29 is 4.79 Å². The summed E-state index contributed by atoms with van der Waals surface area (Å²) in [5, 5.41) is 3.78. The molecule has 0 atom stereocenters. The zero-order valence-electron chi connectivity index (χ0n) is 16.5. The zero-order chi connectivity index (χ0) is 19.7. The predicted octanol–water partition coefficient (Wildman–Crippen LogP) is 4.85. The van der Waals surface area contributed by atoms with Gasteiger partial charge < -0.3 is 10.2 Å². The Bertz CT molecular complexity index is 925. The van der Waals surface area contributed by atoms with Crippen LogP contribution in [0.15, 0.2) is 42.1 Å². The highest BCUT2D eigenvalue weighted by Crippen LogP contribution is 2.38. The largest absolute Gasteiger partial charge is 0.336 e. The summed E-state index contributed by atoms with van der Waals surface area (Å²) in [6.45, 7) is 5.46. The van der Waals surface area contributed by atoms with Crippen molar-refractivity contribution in [3.05, 3.63) is 69.5 Å². The number of likely N-dealkylation sites (tertiary alicyclic amines) is 1. The highest BCUT2D eigenvalue weighted by molar-refractivity contribution is 6.30. The molecule has 1 aromatic heterocycles. The molecule has 1 aliphatic carbocycles. The number of halogens is 1. The number of aryl methyl sites for hydroxylation is 2. The number of hydrogen-bond acceptors (Lipinski definition) is 2. The average Bonchev–Trinajstić information content (AvgIpc) is 2.84. The van der Waals surface area contributed by atoms with E-state index in [1.807, 2.05) is 37.1 Å².